The molecular formula is C23H31KO5S. The second kappa shape index (κ2) is 14.6. The van der Waals surface area contributed by atoms with Gasteiger partial charge in [0.05, 0.1) is 4.90 Å². The molecule has 0 saturated carbocycles. The molecule has 2 aromatic carbocycles. The molecule has 7 heteroatoms. The van der Waals surface area contributed by atoms with Crippen LogP contribution in [0.15, 0.2) is 47.4 Å². The number of aryl methyl sites for hydroxylation is 1. The standard InChI is InChI=1S/C23H32O5S.K/c1-2-3-4-5-6-7-8-9-10-13-19-16-17-20(29(25,26)27)18-23(19)28-22-15-12-11-14-21(22)24;/h11-12,14-18,24H,2-10,13H2,1H3,(H,25,26,27);/q;+1/p-1. The Labute approximate surface area is 223 Å². The van der Waals surface area contributed by atoms with Crippen LogP contribution in [0.2, 0.25) is 0 Å². The number of para-hydroxylation sites is 2. The summed E-state index contributed by atoms with van der Waals surface area (Å²) in [4.78, 5) is -0.244. The fourth-order valence-electron chi connectivity index (χ4n) is 3.28. The van der Waals surface area contributed by atoms with E-state index in [1.807, 2.05) is 0 Å². The van der Waals surface area contributed by atoms with Crippen molar-refractivity contribution in [2.75, 3.05) is 0 Å². The van der Waals surface area contributed by atoms with Gasteiger partial charge in [-0.25, -0.2) is 0 Å². The molecule has 0 radical (unpaired) electrons. The summed E-state index contributed by atoms with van der Waals surface area (Å²) < 4.78 is 38.0. The van der Waals surface area contributed by atoms with E-state index in [2.05, 4.69) is 6.92 Å². The fraction of sp³-hybridized carbons (Fsp3) is 0.478. The Balaban J connectivity index is 0.00000450. The first kappa shape index (κ1) is 27.6. The Kier molecular flexibility index (Phi) is 13.5. The molecule has 2 rings (SSSR count). The van der Waals surface area contributed by atoms with E-state index in [0.717, 1.165) is 24.8 Å². The third-order valence-electron chi connectivity index (χ3n) is 4.96. The van der Waals surface area contributed by atoms with Gasteiger partial charge in [-0.15, -0.1) is 0 Å². The smallest absolute Gasteiger partial charge is 0.870 e. The Morgan fingerprint density at radius 1 is 0.867 bits per heavy atom. The Bertz CT molecular complexity index is 868. The van der Waals surface area contributed by atoms with Crippen molar-refractivity contribution in [1.29, 1.82) is 0 Å². The van der Waals surface area contributed by atoms with Gasteiger partial charge in [0.25, 0.3) is 10.1 Å². The molecule has 2 aromatic rings. The average molecular weight is 459 g/mol. The third-order valence-corrected chi connectivity index (χ3v) is 5.80. The largest absolute Gasteiger partial charge is 1.00 e. The van der Waals surface area contributed by atoms with E-state index in [1.165, 1.54) is 63.1 Å². The predicted molar refractivity (Wildman–Crippen MR) is 113 cm³/mol. The maximum absolute atomic E-state index is 12.0. The zero-order valence-electron chi connectivity index (χ0n) is 18.1. The van der Waals surface area contributed by atoms with E-state index in [9.17, 15) is 18.1 Å². The molecule has 5 nitrogen and oxygen atoms in total. The van der Waals surface area contributed by atoms with E-state index in [1.54, 1.807) is 24.3 Å². The molecule has 0 bridgehead atoms. The summed E-state index contributed by atoms with van der Waals surface area (Å²) in [5, 5.41) is 12.0. The second-order valence-corrected chi connectivity index (χ2v) is 8.79. The van der Waals surface area contributed by atoms with Crippen LogP contribution >= 0.6 is 0 Å². The molecule has 0 unspecified atom stereocenters. The minimum Gasteiger partial charge on any atom is -0.870 e. The minimum atomic E-state index is -4.34. The van der Waals surface area contributed by atoms with Gasteiger partial charge in [0.15, 0.2) is 0 Å². The van der Waals surface area contributed by atoms with Crippen molar-refractivity contribution in [3.05, 3.63) is 48.0 Å². The van der Waals surface area contributed by atoms with E-state index in [-0.39, 0.29) is 67.8 Å². The molecule has 160 valence electrons. The monoisotopic (exact) mass is 458 g/mol. The van der Waals surface area contributed by atoms with Gasteiger partial charge in [0, 0.05) is 6.07 Å². The van der Waals surface area contributed by atoms with Crippen molar-refractivity contribution >= 4 is 10.1 Å². The van der Waals surface area contributed by atoms with Crippen LogP contribution in [0.5, 0.6) is 17.2 Å². The number of ether oxygens (including phenoxy) is 1. The van der Waals surface area contributed by atoms with Crippen molar-refractivity contribution in [1.82, 2.24) is 0 Å². The number of unbranched alkanes of at least 4 members (excludes halogenated alkanes) is 8. The number of hydrogen-bond donors (Lipinski definition) is 1. The Morgan fingerprint density at radius 3 is 2.07 bits per heavy atom. The predicted octanol–water partition coefficient (Wildman–Crippen LogP) is 2.88. The molecule has 0 atom stereocenters. The molecule has 0 aliphatic heterocycles. The number of rotatable bonds is 13. The van der Waals surface area contributed by atoms with Crippen LogP contribution in [-0.2, 0) is 16.5 Å². The maximum atomic E-state index is 12.0. The minimum absolute atomic E-state index is 0. The number of hydrogen-bond acceptors (Lipinski definition) is 4. The van der Waals surface area contributed by atoms with E-state index < -0.39 is 10.1 Å². The molecule has 0 aliphatic rings. The summed E-state index contributed by atoms with van der Waals surface area (Å²) in [6.07, 6.45) is 11.6. The van der Waals surface area contributed by atoms with Crippen molar-refractivity contribution in [2.24, 2.45) is 0 Å². The summed E-state index contributed by atoms with van der Waals surface area (Å²) >= 11 is 0. The van der Waals surface area contributed by atoms with Gasteiger partial charge >= 0.3 is 51.4 Å². The summed E-state index contributed by atoms with van der Waals surface area (Å²) in [7, 11) is -4.34. The molecule has 1 N–H and O–H groups in total. The molecular weight excluding hydrogens is 427 g/mol. The first-order valence-corrected chi connectivity index (χ1v) is 11.9. The van der Waals surface area contributed by atoms with Crippen molar-refractivity contribution in [3.63, 3.8) is 0 Å². The van der Waals surface area contributed by atoms with Gasteiger partial charge in [-0.05, 0) is 30.5 Å². The molecule has 0 amide bonds. The Morgan fingerprint density at radius 2 is 1.47 bits per heavy atom. The van der Waals surface area contributed by atoms with Crippen LogP contribution in [0.3, 0.4) is 0 Å². The van der Waals surface area contributed by atoms with E-state index in [0.29, 0.717) is 5.75 Å². The molecule has 0 aromatic heterocycles. The van der Waals surface area contributed by atoms with Gasteiger partial charge in [-0.2, -0.15) is 8.42 Å². The number of benzene rings is 2. The van der Waals surface area contributed by atoms with Gasteiger partial charge in [-0.1, -0.05) is 88.3 Å². The molecule has 30 heavy (non-hydrogen) atoms. The van der Waals surface area contributed by atoms with Crippen molar-refractivity contribution < 1.29 is 74.2 Å². The van der Waals surface area contributed by atoms with Gasteiger partial charge in [0.2, 0.25) is 0 Å². The molecule has 0 heterocycles. The summed E-state index contributed by atoms with van der Waals surface area (Å²) in [5.74, 6) is 0.148. The van der Waals surface area contributed by atoms with Crippen LogP contribution in [0.25, 0.3) is 0 Å². The Hall–Kier alpha value is -0.414. The van der Waals surface area contributed by atoms with Gasteiger partial charge < -0.3 is 9.84 Å². The normalized spacial score (nSPS) is 11.1. The zero-order chi connectivity index (χ0) is 21.1. The molecule has 0 aliphatic carbocycles. The first-order valence-electron chi connectivity index (χ1n) is 10.5. The quantitative estimate of drug-likeness (QED) is 0.283. The SMILES string of the molecule is CCCCCCCCCCCc1ccc(S(=O)(=O)O)cc1Oc1ccccc1[O-].[K+]. The van der Waals surface area contributed by atoms with Crippen LogP contribution < -0.4 is 61.2 Å². The van der Waals surface area contributed by atoms with Gasteiger partial charge in [-0.3, -0.25) is 4.55 Å². The molecule has 0 saturated heterocycles. The third kappa shape index (κ3) is 9.81. The van der Waals surface area contributed by atoms with Crippen LogP contribution in [0, 0.1) is 0 Å². The average Bonchev–Trinajstić information content (AvgIpc) is 2.68. The topological polar surface area (TPSA) is 86.7 Å². The molecule has 0 spiro atoms. The van der Waals surface area contributed by atoms with Crippen LogP contribution in [0.4, 0.5) is 0 Å². The van der Waals surface area contributed by atoms with Crippen LogP contribution in [0.1, 0.15) is 70.3 Å². The van der Waals surface area contributed by atoms with E-state index >= 15 is 0 Å². The van der Waals surface area contributed by atoms with Gasteiger partial charge in [0.1, 0.15) is 11.5 Å². The fourth-order valence-corrected chi connectivity index (χ4v) is 3.77. The summed E-state index contributed by atoms with van der Waals surface area (Å²) in [6, 6.07) is 10.5. The summed E-state index contributed by atoms with van der Waals surface area (Å²) in [6.45, 7) is 2.22. The second-order valence-electron chi connectivity index (χ2n) is 7.37. The summed E-state index contributed by atoms with van der Waals surface area (Å²) in [5.41, 5.74) is 0.823. The van der Waals surface area contributed by atoms with Crippen molar-refractivity contribution in [3.8, 4) is 17.2 Å². The van der Waals surface area contributed by atoms with Crippen LogP contribution in [-0.4, -0.2) is 13.0 Å². The van der Waals surface area contributed by atoms with E-state index in [4.69, 9.17) is 4.74 Å². The van der Waals surface area contributed by atoms with Crippen molar-refractivity contribution in [2.45, 2.75) is 76.0 Å². The molecule has 0 fully saturated rings. The zero-order valence-corrected chi connectivity index (χ0v) is 22.0. The maximum Gasteiger partial charge on any atom is 1.00 e. The first-order chi connectivity index (χ1) is 13.9.